The topological polar surface area (TPSA) is 44.1 Å². The molecule has 0 unspecified atom stereocenters. The maximum atomic E-state index is 14.0. The zero-order valence-corrected chi connectivity index (χ0v) is 10.8. The van der Waals surface area contributed by atoms with Gasteiger partial charge >= 0.3 is 0 Å². The molecule has 4 heteroatoms. The number of carbonyl (C=O) groups excluding carboxylic acids is 1. The molecule has 1 saturated carbocycles. The van der Waals surface area contributed by atoms with Crippen LogP contribution >= 0.6 is 0 Å². The molecule has 0 N–H and O–H groups in total. The van der Waals surface area contributed by atoms with Crippen LogP contribution in [0.1, 0.15) is 31.7 Å². The van der Waals surface area contributed by atoms with E-state index in [4.69, 9.17) is 5.26 Å². The Morgan fingerprint density at radius 1 is 1.47 bits per heavy atom. The van der Waals surface area contributed by atoms with Crippen LogP contribution in [0, 0.1) is 28.5 Å². The van der Waals surface area contributed by atoms with Crippen molar-refractivity contribution in [3.63, 3.8) is 0 Å². The van der Waals surface area contributed by atoms with Crippen molar-refractivity contribution in [2.45, 2.75) is 26.2 Å². The van der Waals surface area contributed by atoms with Gasteiger partial charge in [-0.05, 0) is 42.9 Å². The summed E-state index contributed by atoms with van der Waals surface area (Å²) in [5, 5.41) is 8.75. The zero-order chi connectivity index (χ0) is 13.6. The van der Waals surface area contributed by atoms with Gasteiger partial charge in [-0.1, -0.05) is 6.92 Å². The van der Waals surface area contributed by atoms with E-state index >= 15 is 0 Å². The van der Waals surface area contributed by atoms with E-state index in [1.165, 1.54) is 6.07 Å². The molecule has 1 spiro atoms. The van der Waals surface area contributed by atoms with Crippen molar-refractivity contribution in [1.82, 2.24) is 0 Å². The Morgan fingerprint density at radius 3 is 2.79 bits per heavy atom. The fourth-order valence-corrected chi connectivity index (χ4v) is 3.02. The first-order valence-electron chi connectivity index (χ1n) is 6.56. The first kappa shape index (κ1) is 12.2. The van der Waals surface area contributed by atoms with Gasteiger partial charge in [0.05, 0.1) is 17.3 Å². The maximum Gasteiger partial charge on any atom is 0.229 e. The smallest absolute Gasteiger partial charge is 0.229 e. The second-order valence-electron chi connectivity index (χ2n) is 5.81. The van der Waals surface area contributed by atoms with Crippen LogP contribution in [0.5, 0.6) is 0 Å². The third-order valence-corrected chi connectivity index (χ3v) is 4.25. The van der Waals surface area contributed by atoms with E-state index in [1.54, 1.807) is 17.0 Å². The molecule has 0 aromatic heterocycles. The second kappa shape index (κ2) is 4.06. The number of hydrogen-bond donors (Lipinski definition) is 0. The van der Waals surface area contributed by atoms with Crippen molar-refractivity contribution in [1.29, 1.82) is 5.26 Å². The first-order chi connectivity index (χ1) is 9.04. The molecule has 2 aliphatic rings. The van der Waals surface area contributed by atoms with Gasteiger partial charge in [0.25, 0.3) is 0 Å². The molecule has 1 aliphatic heterocycles. The van der Waals surface area contributed by atoms with E-state index in [1.807, 2.05) is 13.0 Å². The number of halogens is 1. The highest BCUT2D eigenvalue weighted by Gasteiger charge is 2.50. The molecule has 1 saturated heterocycles. The average Bonchev–Trinajstić information content (AvgIpc) is 3.13. The van der Waals surface area contributed by atoms with Crippen LogP contribution in [-0.4, -0.2) is 12.5 Å². The average molecular weight is 258 g/mol. The van der Waals surface area contributed by atoms with Crippen molar-refractivity contribution in [2.24, 2.45) is 11.3 Å². The lowest BCUT2D eigenvalue weighted by Crippen LogP contribution is -2.46. The largest absolute Gasteiger partial charge is 0.309 e. The first-order valence-corrected chi connectivity index (χ1v) is 6.56. The molecule has 0 radical (unpaired) electrons. The van der Waals surface area contributed by atoms with Crippen LogP contribution in [0.3, 0.4) is 0 Å². The Kier molecular flexibility index (Phi) is 2.60. The summed E-state index contributed by atoms with van der Waals surface area (Å²) in [6.45, 7) is 2.52. The van der Waals surface area contributed by atoms with Crippen molar-refractivity contribution >= 4 is 11.6 Å². The molecule has 1 aliphatic carbocycles. The van der Waals surface area contributed by atoms with Gasteiger partial charge in [0.1, 0.15) is 5.82 Å². The van der Waals surface area contributed by atoms with Crippen molar-refractivity contribution < 1.29 is 9.18 Å². The quantitative estimate of drug-likeness (QED) is 0.777. The van der Waals surface area contributed by atoms with Crippen LogP contribution in [-0.2, 0) is 4.79 Å². The fraction of sp³-hybridized carbons (Fsp3) is 0.467. The van der Waals surface area contributed by atoms with E-state index in [2.05, 4.69) is 0 Å². The SMILES string of the molecule is C[C@H]1CC2(CC2)CN(c2ccc(C#N)cc2F)C1=O. The lowest BCUT2D eigenvalue weighted by Gasteiger charge is -2.36. The monoisotopic (exact) mass is 258 g/mol. The normalized spacial score (nSPS) is 24.4. The molecule has 1 aromatic carbocycles. The van der Waals surface area contributed by atoms with Crippen LogP contribution in [0.25, 0.3) is 0 Å². The van der Waals surface area contributed by atoms with Crippen molar-refractivity contribution in [3.8, 4) is 6.07 Å². The molecule has 1 atom stereocenters. The Morgan fingerprint density at radius 2 is 2.21 bits per heavy atom. The summed E-state index contributed by atoms with van der Waals surface area (Å²) in [6, 6.07) is 6.20. The third kappa shape index (κ3) is 1.99. The number of anilines is 1. The minimum absolute atomic E-state index is 0.0128. The minimum Gasteiger partial charge on any atom is -0.309 e. The number of hydrogen-bond acceptors (Lipinski definition) is 2. The highest BCUT2D eigenvalue weighted by Crippen LogP contribution is 2.54. The molecule has 98 valence electrons. The van der Waals surface area contributed by atoms with Crippen LogP contribution < -0.4 is 4.90 Å². The van der Waals surface area contributed by atoms with Gasteiger partial charge < -0.3 is 4.90 Å². The van der Waals surface area contributed by atoms with E-state index in [-0.39, 0.29) is 22.8 Å². The molecular formula is C15H15FN2O. The molecule has 1 heterocycles. The number of carbonyl (C=O) groups is 1. The second-order valence-corrected chi connectivity index (χ2v) is 5.81. The molecule has 19 heavy (non-hydrogen) atoms. The number of nitrogens with zero attached hydrogens (tertiary/aromatic N) is 2. The Bertz CT molecular complexity index is 586. The van der Waals surface area contributed by atoms with Gasteiger partial charge in [-0.25, -0.2) is 4.39 Å². The highest BCUT2D eigenvalue weighted by molar-refractivity contribution is 5.96. The van der Waals surface area contributed by atoms with Crippen molar-refractivity contribution in [2.75, 3.05) is 11.4 Å². The van der Waals surface area contributed by atoms with E-state index < -0.39 is 5.82 Å². The van der Waals surface area contributed by atoms with Gasteiger partial charge in [0.15, 0.2) is 0 Å². The van der Waals surface area contributed by atoms with Gasteiger partial charge in [0, 0.05) is 12.5 Å². The third-order valence-electron chi connectivity index (χ3n) is 4.25. The fourth-order valence-electron chi connectivity index (χ4n) is 3.02. The summed E-state index contributed by atoms with van der Waals surface area (Å²) in [6.07, 6.45) is 3.16. The predicted octanol–water partition coefficient (Wildman–Crippen LogP) is 2.85. The Labute approximate surface area is 111 Å². The van der Waals surface area contributed by atoms with Gasteiger partial charge in [0.2, 0.25) is 5.91 Å². The molecule has 1 amide bonds. The Hall–Kier alpha value is -1.89. The summed E-state index contributed by atoms with van der Waals surface area (Å²) in [5.74, 6) is -0.551. The molecule has 0 bridgehead atoms. The Balaban J connectivity index is 1.96. The summed E-state index contributed by atoms with van der Waals surface area (Å²) in [4.78, 5) is 13.8. The standard InChI is InChI=1S/C15H15FN2O/c1-10-7-15(4-5-15)9-18(14(10)19)13-3-2-11(8-17)6-12(13)16/h2-3,6,10H,4-5,7,9H2,1H3/t10-/m0/s1. The molecule has 3 rings (SSSR count). The molecular weight excluding hydrogens is 243 g/mol. The molecule has 3 nitrogen and oxygen atoms in total. The van der Waals surface area contributed by atoms with Crippen molar-refractivity contribution in [3.05, 3.63) is 29.6 Å². The van der Waals surface area contributed by atoms with Crippen LogP contribution in [0.4, 0.5) is 10.1 Å². The van der Waals surface area contributed by atoms with E-state index in [0.717, 1.165) is 19.3 Å². The summed E-state index contributed by atoms with van der Waals surface area (Å²) in [5.41, 5.74) is 0.801. The number of nitriles is 1. The lowest BCUT2D eigenvalue weighted by molar-refractivity contribution is -0.124. The zero-order valence-electron chi connectivity index (χ0n) is 10.8. The van der Waals surface area contributed by atoms with Gasteiger partial charge in [-0.3, -0.25) is 4.79 Å². The van der Waals surface area contributed by atoms with E-state index in [0.29, 0.717) is 12.2 Å². The maximum absolute atomic E-state index is 14.0. The van der Waals surface area contributed by atoms with E-state index in [9.17, 15) is 9.18 Å². The lowest BCUT2D eigenvalue weighted by atomic mass is 9.87. The van der Waals surface area contributed by atoms with Gasteiger partial charge in [-0.15, -0.1) is 0 Å². The van der Waals surface area contributed by atoms with Crippen LogP contribution in [0.2, 0.25) is 0 Å². The number of amides is 1. The number of benzene rings is 1. The summed E-state index contributed by atoms with van der Waals surface area (Å²) < 4.78 is 14.0. The molecule has 1 aromatic rings. The summed E-state index contributed by atoms with van der Waals surface area (Å²) >= 11 is 0. The highest BCUT2D eigenvalue weighted by atomic mass is 19.1. The number of rotatable bonds is 1. The minimum atomic E-state index is -0.489. The van der Waals surface area contributed by atoms with Crippen LogP contribution in [0.15, 0.2) is 18.2 Å². The molecule has 2 fully saturated rings. The number of piperidine rings is 1. The summed E-state index contributed by atoms with van der Waals surface area (Å²) in [7, 11) is 0. The van der Waals surface area contributed by atoms with Gasteiger partial charge in [-0.2, -0.15) is 5.26 Å². The predicted molar refractivity (Wildman–Crippen MR) is 68.9 cm³/mol.